The highest BCUT2D eigenvalue weighted by atomic mass is 16.5. The highest BCUT2D eigenvalue weighted by Gasteiger charge is 2.30. The maximum Gasteiger partial charge on any atom is 0.223 e. The fourth-order valence-electron chi connectivity index (χ4n) is 3.12. The summed E-state index contributed by atoms with van der Waals surface area (Å²) in [5.74, 6) is 1.13. The molecule has 0 amide bonds. The van der Waals surface area contributed by atoms with Gasteiger partial charge >= 0.3 is 0 Å². The van der Waals surface area contributed by atoms with Crippen molar-refractivity contribution >= 4 is 11.5 Å². The topological polar surface area (TPSA) is 76.3 Å². The normalized spacial score (nSPS) is 22.6. The first kappa shape index (κ1) is 16.2. The highest BCUT2D eigenvalue weighted by Crippen LogP contribution is 2.38. The Hall–Kier alpha value is -1.66. The predicted octanol–water partition coefficient (Wildman–Crippen LogP) is 2.36. The minimum Gasteiger partial charge on any atom is -0.381 e. The number of allylic oxidation sites excluding steroid dienone is 1. The molecule has 6 nitrogen and oxygen atoms in total. The van der Waals surface area contributed by atoms with Crippen LogP contribution in [0.2, 0.25) is 0 Å². The van der Waals surface area contributed by atoms with Gasteiger partial charge in [0.1, 0.15) is 6.17 Å². The van der Waals surface area contributed by atoms with E-state index in [-0.39, 0.29) is 11.7 Å². The summed E-state index contributed by atoms with van der Waals surface area (Å²) < 4.78 is 5.51. The third kappa shape index (κ3) is 3.48. The second-order valence-electron chi connectivity index (χ2n) is 7.45. The SMILES string of the molecule is CN1C=C(C2CCOCC2)c2nc(NC(C)(C)C)ncc2C1N. The van der Waals surface area contributed by atoms with E-state index in [0.717, 1.165) is 37.3 Å². The summed E-state index contributed by atoms with van der Waals surface area (Å²) in [5.41, 5.74) is 9.48. The Balaban J connectivity index is 1.99. The first-order valence-corrected chi connectivity index (χ1v) is 8.27. The number of nitrogens with zero attached hydrogens (tertiary/aromatic N) is 3. The van der Waals surface area contributed by atoms with Crippen molar-refractivity contribution in [1.29, 1.82) is 0 Å². The number of nitrogens with two attached hydrogens (primary N) is 1. The molecule has 0 aromatic carbocycles. The number of hydrogen-bond acceptors (Lipinski definition) is 6. The van der Waals surface area contributed by atoms with Gasteiger partial charge < -0.3 is 20.7 Å². The summed E-state index contributed by atoms with van der Waals surface area (Å²) >= 11 is 0. The summed E-state index contributed by atoms with van der Waals surface area (Å²) in [5, 5.41) is 3.35. The average Bonchev–Trinajstić information content (AvgIpc) is 2.50. The maximum absolute atomic E-state index is 6.32. The molecule has 0 radical (unpaired) electrons. The van der Waals surface area contributed by atoms with Crippen molar-refractivity contribution in [3.8, 4) is 0 Å². The van der Waals surface area contributed by atoms with Gasteiger partial charge in [0.2, 0.25) is 5.95 Å². The molecule has 3 N–H and O–H groups in total. The molecule has 126 valence electrons. The van der Waals surface area contributed by atoms with Crippen molar-refractivity contribution in [2.24, 2.45) is 11.7 Å². The Kier molecular flexibility index (Phi) is 4.29. The summed E-state index contributed by atoms with van der Waals surface area (Å²) in [6.45, 7) is 7.93. The zero-order chi connectivity index (χ0) is 16.6. The largest absolute Gasteiger partial charge is 0.381 e. The van der Waals surface area contributed by atoms with Crippen molar-refractivity contribution < 1.29 is 4.74 Å². The van der Waals surface area contributed by atoms with Crippen LogP contribution in [0.25, 0.3) is 5.57 Å². The van der Waals surface area contributed by atoms with Gasteiger partial charge in [-0.1, -0.05) is 0 Å². The molecule has 2 aliphatic heterocycles. The van der Waals surface area contributed by atoms with Gasteiger partial charge in [-0.05, 0) is 45.1 Å². The minimum atomic E-state index is -0.197. The molecule has 23 heavy (non-hydrogen) atoms. The maximum atomic E-state index is 6.32. The van der Waals surface area contributed by atoms with Gasteiger partial charge in [0.05, 0.1) is 5.69 Å². The quantitative estimate of drug-likeness (QED) is 0.872. The second-order valence-corrected chi connectivity index (χ2v) is 7.45. The second kappa shape index (κ2) is 6.09. The molecule has 6 heteroatoms. The summed E-state index contributed by atoms with van der Waals surface area (Å²) in [7, 11) is 2.01. The molecule has 0 spiro atoms. The zero-order valence-electron chi connectivity index (χ0n) is 14.5. The summed E-state index contributed by atoms with van der Waals surface area (Å²) in [6.07, 6.45) is 5.87. The van der Waals surface area contributed by atoms with Crippen LogP contribution < -0.4 is 11.1 Å². The minimum absolute atomic E-state index is 0.0790. The lowest BCUT2D eigenvalue weighted by Gasteiger charge is -2.35. The molecule has 1 aromatic rings. The lowest BCUT2D eigenvalue weighted by Crippen LogP contribution is -2.34. The smallest absolute Gasteiger partial charge is 0.223 e. The van der Waals surface area contributed by atoms with Crippen LogP contribution in [0.1, 0.15) is 51.0 Å². The van der Waals surface area contributed by atoms with Crippen molar-refractivity contribution in [3.05, 3.63) is 23.7 Å². The van der Waals surface area contributed by atoms with Crippen molar-refractivity contribution in [3.63, 3.8) is 0 Å². The molecule has 2 aliphatic rings. The third-order valence-corrected chi connectivity index (χ3v) is 4.34. The van der Waals surface area contributed by atoms with Crippen LogP contribution >= 0.6 is 0 Å². The molecular formula is C17H27N5O. The Morgan fingerprint density at radius 3 is 2.65 bits per heavy atom. The molecular weight excluding hydrogens is 290 g/mol. The standard InChI is InChI=1S/C17H27N5O/c1-17(2,3)21-16-19-9-12-14(20-16)13(10-22(4)15(12)18)11-5-7-23-8-6-11/h9-11,15H,5-8,18H2,1-4H3,(H,19,20,21). The van der Waals surface area contributed by atoms with Gasteiger partial charge in [0, 0.05) is 43.8 Å². The number of ether oxygens (including phenoxy) is 1. The van der Waals surface area contributed by atoms with E-state index in [2.05, 4.69) is 37.3 Å². The van der Waals surface area contributed by atoms with E-state index in [9.17, 15) is 0 Å². The number of rotatable bonds is 2. The molecule has 1 saturated heterocycles. The Morgan fingerprint density at radius 2 is 2.00 bits per heavy atom. The van der Waals surface area contributed by atoms with Crippen LogP contribution in [0.3, 0.4) is 0 Å². The number of aromatic nitrogens is 2. The van der Waals surface area contributed by atoms with E-state index < -0.39 is 0 Å². The fourth-order valence-corrected chi connectivity index (χ4v) is 3.12. The van der Waals surface area contributed by atoms with E-state index in [1.165, 1.54) is 5.57 Å². The first-order chi connectivity index (χ1) is 10.8. The summed E-state index contributed by atoms with van der Waals surface area (Å²) in [4.78, 5) is 11.3. The van der Waals surface area contributed by atoms with E-state index in [0.29, 0.717) is 11.9 Å². The number of hydrogen-bond donors (Lipinski definition) is 2. The molecule has 0 bridgehead atoms. The predicted molar refractivity (Wildman–Crippen MR) is 91.6 cm³/mol. The van der Waals surface area contributed by atoms with Crippen LogP contribution in [0, 0.1) is 5.92 Å². The van der Waals surface area contributed by atoms with Crippen LogP contribution in [0.5, 0.6) is 0 Å². The first-order valence-electron chi connectivity index (χ1n) is 8.27. The van der Waals surface area contributed by atoms with Crippen molar-refractivity contribution in [2.75, 3.05) is 25.6 Å². The van der Waals surface area contributed by atoms with Crippen molar-refractivity contribution in [2.45, 2.75) is 45.3 Å². The molecule has 0 aliphatic carbocycles. The molecule has 0 saturated carbocycles. The summed E-state index contributed by atoms with van der Waals surface area (Å²) in [6, 6.07) is 0. The van der Waals surface area contributed by atoms with E-state index in [4.69, 9.17) is 15.5 Å². The van der Waals surface area contributed by atoms with Crippen LogP contribution in [-0.4, -0.2) is 40.7 Å². The van der Waals surface area contributed by atoms with Crippen LogP contribution in [0.4, 0.5) is 5.95 Å². The van der Waals surface area contributed by atoms with Gasteiger partial charge in [0.15, 0.2) is 0 Å². The van der Waals surface area contributed by atoms with Gasteiger partial charge in [0.25, 0.3) is 0 Å². The Labute approximate surface area is 138 Å². The van der Waals surface area contributed by atoms with E-state index >= 15 is 0 Å². The molecule has 3 rings (SSSR count). The monoisotopic (exact) mass is 317 g/mol. The lowest BCUT2D eigenvalue weighted by atomic mass is 9.86. The number of fused-ring (bicyclic) bond motifs is 1. The molecule has 1 unspecified atom stereocenters. The molecule has 1 fully saturated rings. The van der Waals surface area contributed by atoms with Crippen molar-refractivity contribution in [1.82, 2.24) is 14.9 Å². The van der Waals surface area contributed by atoms with E-state index in [1.54, 1.807) is 0 Å². The number of anilines is 1. The zero-order valence-corrected chi connectivity index (χ0v) is 14.5. The lowest BCUT2D eigenvalue weighted by molar-refractivity contribution is 0.0802. The Morgan fingerprint density at radius 1 is 1.30 bits per heavy atom. The molecule has 3 heterocycles. The average molecular weight is 317 g/mol. The van der Waals surface area contributed by atoms with E-state index in [1.807, 2.05) is 18.1 Å². The van der Waals surface area contributed by atoms with Gasteiger partial charge in [-0.25, -0.2) is 9.97 Å². The molecule has 1 atom stereocenters. The fraction of sp³-hybridized carbons (Fsp3) is 0.647. The highest BCUT2D eigenvalue weighted by molar-refractivity contribution is 5.69. The van der Waals surface area contributed by atoms with Crippen LogP contribution in [0.15, 0.2) is 12.4 Å². The van der Waals surface area contributed by atoms with Crippen LogP contribution in [-0.2, 0) is 4.74 Å². The van der Waals surface area contributed by atoms with Gasteiger partial charge in [-0.15, -0.1) is 0 Å². The van der Waals surface area contributed by atoms with Gasteiger partial charge in [-0.2, -0.15) is 0 Å². The van der Waals surface area contributed by atoms with Gasteiger partial charge in [-0.3, -0.25) is 0 Å². The third-order valence-electron chi connectivity index (χ3n) is 4.34. The molecule has 1 aromatic heterocycles. The Bertz CT molecular complexity index is 601. The number of nitrogens with one attached hydrogen (secondary N) is 1.